The Hall–Kier alpha value is -3.29. The zero-order valence-electron chi connectivity index (χ0n) is 15.5. The first-order valence-electron chi connectivity index (χ1n) is 9.01. The van der Waals surface area contributed by atoms with Crippen LogP contribution in [0, 0.1) is 10.1 Å². The number of ether oxygens (including phenoxy) is 1. The minimum atomic E-state index is -1.16. The van der Waals surface area contributed by atoms with Gasteiger partial charge in [0, 0.05) is 18.3 Å². The van der Waals surface area contributed by atoms with Gasteiger partial charge in [-0.05, 0) is 49.3 Å². The van der Waals surface area contributed by atoms with Crippen LogP contribution in [0.25, 0.3) is 0 Å². The molecule has 28 heavy (non-hydrogen) atoms. The Kier molecular flexibility index (Phi) is 5.67. The smallest absolute Gasteiger partial charge is 0.331 e. The summed E-state index contributed by atoms with van der Waals surface area (Å²) in [5.74, 6) is -0.962. The molecule has 1 aliphatic carbocycles. The van der Waals surface area contributed by atoms with Crippen molar-refractivity contribution >= 4 is 17.6 Å². The lowest BCUT2D eigenvalue weighted by Gasteiger charge is -2.39. The van der Waals surface area contributed by atoms with Crippen LogP contribution in [0.1, 0.15) is 47.7 Å². The van der Waals surface area contributed by atoms with Crippen molar-refractivity contribution in [3.63, 3.8) is 0 Å². The molecule has 0 spiro atoms. The molecule has 0 saturated heterocycles. The van der Waals surface area contributed by atoms with E-state index in [1.807, 2.05) is 0 Å². The standard InChI is InChI=1S/C20H21N3O5/c1-28-19(25)20(22-18(24)17-6-2-3-12-21-17)11-4-5-15(13-20)14-7-9-16(10-8-14)23(26)27/h2-3,6-10,12,15H,4-5,11,13H2,1H3,(H,22,24)/t15-,20-/m0/s1. The molecule has 2 aromatic rings. The van der Waals surface area contributed by atoms with E-state index in [0.29, 0.717) is 19.3 Å². The number of aromatic nitrogens is 1. The number of esters is 1. The number of nitrogens with zero attached hydrogens (tertiary/aromatic N) is 2. The number of nitro benzene ring substituents is 1. The zero-order valence-corrected chi connectivity index (χ0v) is 15.5. The Morgan fingerprint density at radius 1 is 1.25 bits per heavy atom. The van der Waals surface area contributed by atoms with E-state index in [1.165, 1.54) is 25.4 Å². The largest absolute Gasteiger partial charge is 0.467 e. The molecule has 1 amide bonds. The van der Waals surface area contributed by atoms with E-state index in [1.54, 1.807) is 30.3 Å². The number of benzene rings is 1. The van der Waals surface area contributed by atoms with Gasteiger partial charge < -0.3 is 10.1 Å². The second-order valence-electron chi connectivity index (χ2n) is 6.88. The third-order valence-corrected chi connectivity index (χ3v) is 5.15. The molecule has 3 rings (SSSR count). The van der Waals surface area contributed by atoms with Crippen molar-refractivity contribution in [1.29, 1.82) is 0 Å². The van der Waals surface area contributed by atoms with Gasteiger partial charge in [-0.1, -0.05) is 18.2 Å². The van der Waals surface area contributed by atoms with Gasteiger partial charge in [0.2, 0.25) is 0 Å². The molecule has 0 unspecified atom stereocenters. The molecule has 0 bridgehead atoms. The van der Waals surface area contributed by atoms with Gasteiger partial charge in [-0.25, -0.2) is 4.79 Å². The fraction of sp³-hybridized carbons (Fsp3) is 0.350. The molecule has 1 saturated carbocycles. The van der Waals surface area contributed by atoms with Crippen LogP contribution in [-0.4, -0.2) is 34.4 Å². The number of amides is 1. The van der Waals surface area contributed by atoms with Gasteiger partial charge in [0.15, 0.2) is 0 Å². The van der Waals surface area contributed by atoms with Crippen LogP contribution in [0.5, 0.6) is 0 Å². The third-order valence-electron chi connectivity index (χ3n) is 5.15. The highest BCUT2D eigenvalue weighted by Crippen LogP contribution is 2.40. The number of rotatable bonds is 5. The van der Waals surface area contributed by atoms with E-state index < -0.39 is 22.3 Å². The third kappa shape index (κ3) is 4.00. The fourth-order valence-electron chi connectivity index (χ4n) is 3.75. The van der Waals surface area contributed by atoms with Crippen molar-refractivity contribution in [2.75, 3.05) is 7.11 Å². The molecule has 2 atom stereocenters. The van der Waals surface area contributed by atoms with Gasteiger partial charge in [-0.3, -0.25) is 19.9 Å². The lowest BCUT2D eigenvalue weighted by Crippen LogP contribution is -2.57. The molecule has 0 radical (unpaired) electrons. The maximum absolute atomic E-state index is 12.6. The summed E-state index contributed by atoms with van der Waals surface area (Å²) in [5.41, 5.74) is -0.0234. The van der Waals surface area contributed by atoms with E-state index in [0.717, 1.165) is 12.0 Å². The van der Waals surface area contributed by atoms with Gasteiger partial charge >= 0.3 is 5.97 Å². The molecule has 1 N–H and O–H groups in total. The van der Waals surface area contributed by atoms with E-state index >= 15 is 0 Å². The Morgan fingerprint density at radius 2 is 2.00 bits per heavy atom. The molecule has 146 valence electrons. The summed E-state index contributed by atoms with van der Waals surface area (Å²) >= 11 is 0. The number of pyridine rings is 1. The summed E-state index contributed by atoms with van der Waals surface area (Å²) in [6.45, 7) is 0. The number of non-ortho nitro benzene ring substituents is 1. The Bertz CT molecular complexity index is 869. The first-order valence-corrected chi connectivity index (χ1v) is 9.01. The predicted octanol–water partition coefficient (Wildman–Crippen LogP) is 2.99. The second-order valence-corrected chi connectivity index (χ2v) is 6.88. The van der Waals surface area contributed by atoms with Gasteiger partial charge in [-0.15, -0.1) is 0 Å². The predicted molar refractivity (Wildman–Crippen MR) is 101 cm³/mol. The maximum atomic E-state index is 12.6. The van der Waals surface area contributed by atoms with Crippen molar-refractivity contribution in [1.82, 2.24) is 10.3 Å². The molecule has 1 aliphatic rings. The van der Waals surface area contributed by atoms with Crippen LogP contribution >= 0.6 is 0 Å². The van der Waals surface area contributed by atoms with Gasteiger partial charge in [0.05, 0.1) is 12.0 Å². The number of carbonyl (C=O) groups is 2. The number of carbonyl (C=O) groups excluding carboxylic acids is 2. The normalized spacial score (nSPS) is 21.5. The summed E-state index contributed by atoms with van der Waals surface area (Å²) in [4.78, 5) is 39.7. The molecule has 8 nitrogen and oxygen atoms in total. The van der Waals surface area contributed by atoms with Crippen LogP contribution < -0.4 is 5.32 Å². The van der Waals surface area contributed by atoms with Crippen molar-refractivity contribution in [3.8, 4) is 0 Å². The second kappa shape index (κ2) is 8.16. The highest BCUT2D eigenvalue weighted by atomic mass is 16.6. The quantitative estimate of drug-likeness (QED) is 0.483. The highest BCUT2D eigenvalue weighted by Gasteiger charge is 2.45. The van der Waals surface area contributed by atoms with Crippen LogP contribution in [0.4, 0.5) is 5.69 Å². The Morgan fingerprint density at radius 3 is 2.61 bits per heavy atom. The van der Waals surface area contributed by atoms with E-state index in [4.69, 9.17) is 4.74 Å². The summed E-state index contributed by atoms with van der Waals surface area (Å²) in [6, 6.07) is 11.3. The monoisotopic (exact) mass is 383 g/mol. The maximum Gasteiger partial charge on any atom is 0.331 e. The summed E-state index contributed by atoms with van der Waals surface area (Å²) in [7, 11) is 1.30. The average molecular weight is 383 g/mol. The summed E-state index contributed by atoms with van der Waals surface area (Å²) in [5, 5.41) is 13.7. The summed E-state index contributed by atoms with van der Waals surface area (Å²) in [6.07, 6.45) is 3.85. The number of hydrogen-bond donors (Lipinski definition) is 1. The van der Waals surface area contributed by atoms with E-state index in [9.17, 15) is 19.7 Å². The van der Waals surface area contributed by atoms with Crippen molar-refractivity contribution in [2.24, 2.45) is 0 Å². The van der Waals surface area contributed by atoms with Crippen molar-refractivity contribution in [3.05, 3.63) is 70.0 Å². The van der Waals surface area contributed by atoms with Gasteiger partial charge in [0.1, 0.15) is 11.2 Å². The SMILES string of the molecule is COC(=O)[C@]1(NC(=O)c2ccccn2)CCC[C@H](c2ccc([N+](=O)[O-])cc2)C1. The van der Waals surface area contributed by atoms with E-state index in [-0.39, 0.29) is 17.3 Å². The lowest BCUT2D eigenvalue weighted by molar-refractivity contribution is -0.384. The van der Waals surface area contributed by atoms with Crippen LogP contribution in [0.15, 0.2) is 48.7 Å². The fourth-order valence-corrected chi connectivity index (χ4v) is 3.75. The first-order chi connectivity index (χ1) is 13.4. The molecular weight excluding hydrogens is 362 g/mol. The van der Waals surface area contributed by atoms with Gasteiger partial charge in [0.25, 0.3) is 11.6 Å². The highest BCUT2D eigenvalue weighted by molar-refractivity contribution is 5.96. The first kappa shape index (κ1) is 19.5. The molecule has 0 aliphatic heterocycles. The molecule has 1 aromatic carbocycles. The van der Waals surface area contributed by atoms with Crippen molar-refractivity contribution in [2.45, 2.75) is 37.1 Å². The Balaban J connectivity index is 1.85. The molecular formula is C20H21N3O5. The number of methoxy groups -OCH3 is 1. The minimum absolute atomic E-state index is 0.0160. The zero-order chi connectivity index (χ0) is 20.1. The van der Waals surface area contributed by atoms with Crippen LogP contribution in [-0.2, 0) is 9.53 Å². The molecule has 1 fully saturated rings. The molecule has 1 aromatic heterocycles. The number of nitrogens with one attached hydrogen (secondary N) is 1. The van der Waals surface area contributed by atoms with Gasteiger partial charge in [-0.2, -0.15) is 0 Å². The van der Waals surface area contributed by atoms with Crippen LogP contribution in [0.3, 0.4) is 0 Å². The minimum Gasteiger partial charge on any atom is -0.467 e. The topological polar surface area (TPSA) is 111 Å². The van der Waals surface area contributed by atoms with E-state index in [2.05, 4.69) is 10.3 Å². The summed E-state index contributed by atoms with van der Waals surface area (Å²) < 4.78 is 5.00. The average Bonchev–Trinajstić information content (AvgIpc) is 2.74. The number of nitro groups is 1. The molecule has 8 heteroatoms. The Labute approximate surface area is 162 Å². The molecule has 1 heterocycles. The van der Waals surface area contributed by atoms with Crippen molar-refractivity contribution < 1.29 is 19.2 Å². The number of hydrogen-bond acceptors (Lipinski definition) is 6. The van der Waals surface area contributed by atoms with Crippen LogP contribution in [0.2, 0.25) is 0 Å². The lowest BCUT2D eigenvalue weighted by atomic mass is 9.73.